The number of rotatable bonds is 5. The lowest BCUT2D eigenvalue weighted by molar-refractivity contribution is -0.133. The Morgan fingerprint density at radius 2 is 2.29 bits per heavy atom. The van der Waals surface area contributed by atoms with Gasteiger partial charge >= 0.3 is 0 Å². The summed E-state index contributed by atoms with van der Waals surface area (Å²) in [6.45, 7) is 2.29. The smallest absolute Gasteiger partial charge is 0.227 e. The van der Waals surface area contributed by atoms with Gasteiger partial charge in [0.05, 0.1) is 12.5 Å². The maximum absolute atomic E-state index is 13.7. The number of hydrogen-bond acceptors (Lipinski definition) is 3. The number of methoxy groups -OCH3 is 1. The molecule has 1 aliphatic carbocycles. The first kappa shape index (κ1) is 19.0. The van der Waals surface area contributed by atoms with Crippen molar-refractivity contribution in [1.82, 2.24) is 10.6 Å². The molecule has 24 heavy (non-hydrogen) atoms. The summed E-state index contributed by atoms with van der Waals surface area (Å²) >= 11 is 0. The molecule has 0 aromatic heterocycles. The Balaban J connectivity index is 0.00000208. The van der Waals surface area contributed by atoms with Crippen LogP contribution in [-0.2, 0) is 11.2 Å². The molecule has 0 bridgehead atoms. The molecule has 0 radical (unpaired) electrons. The molecule has 1 saturated heterocycles. The summed E-state index contributed by atoms with van der Waals surface area (Å²) in [7, 11) is 1.45. The SMILES string of the molecule is COc1ccc(CCNC(=O)[C@@]23CCCC[C@H]2CNC3)cc1F.Cl. The van der Waals surface area contributed by atoms with E-state index in [9.17, 15) is 9.18 Å². The monoisotopic (exact) mass is 356 g/mol. The van der Waals surface area contributed by atoms with Crippen LogP contribution in [0.5, 0.6) is 5.75 Å². The molecule has 0 spiro atoms. The lowest BCUT2D eigenvalue weighted by Crippen LogP contribution is -2.48. The van der Waals surface area contributed by atoms with E-state index < -0.39 is 0 Å². The minimum Gasteiger partial charge on any atom is -0.494 e. The maximum Gasteiger partial charge on any atom is 0.227 e. The second-order valence-electron chi connectivity index (χ2n) is 6.70. The highest BCUT2D eigenvalue weighted by Gasteiger charge is 2.49. The summed E-state index contributed by atoms with van der Waals surface area (Å²) in [6, 6.07) is 4.94. The highest BCUT2D eigenvalue weighted by Crippen LogP contribution is 2.43. The first-order valence-corrected chi connectivity index (χ1v) is 8.47. The molecule has 2 fully saturated rings. The topological polar surface area (TPSA) is 50.4 Å². The number of hydrogen-bond donors (Lipinski definition) is 2. The third-order valence-electron chi connectivity index (χ3n) is 5.41. The summed E-state index contributed by atoms with van der Waals surface area (Å²) in [6.07, 6.45) is 5.11. The molecular formula is C18H26ClFN2O2. The van der Waals surface area contributed by atoms with Gasteiger partial charge in [-0.05, 0) is 49.4 Å². The van der Waals surface area contributed by atoms with Crippen LogP contribution in [0.15, 0.2) is 18.2 Å². The number of nitrogens with one attached hydrogen (secondary N) is 2. The Bertz CT molecular complexity index is 584. The van der Waals surface area contributed by atoms with Crippen LogP contribution in [0.1, 0.15) is 31.2 Å². The van der Waals surface area contributed by atoms with Gasteiger partial charge in [-0.25, -0.2) is 4.39 Å². The molecule has 1 heterocycles. The lowest BCUT2D eigenvalue weighted by Gasteiger charge is -2.37. The molecule has 1 aromatic rings. The van der Waals surface area contributed by atoms with E-state index in [0.29, 0.717) is 18.9 Å². The van der Waals surface area contributed by atoms with E-state index in [1.807, 2.05) is 6.07 Å². The van der Waals surface area contributed by atoms with Crippen molar-refractivity contribution >= 4 is 18.3 Å². The van der Waals surface area contributed by atoms with Crippen molar-refractivity contribution < 1.29 is 13.9 Å². The van der Waals surface area contributed by atoms with E-state index in [1.165, 1.54) is 19.6 Å². The molecule has 2 atom stereocenters. The van der Waals surface area contributed by atoms with Crippen LogP contribution in [0.3, 0.4) is 0 Å². The summed E-state index contributed by atoms with van der Waals surface area (Å²) < 4.78 is 18.6. The third kappa shape index (κ3) is 3.67. The fraction of sp³-hybridized carbons (Fsp3) is 0.611. The predicted octanol–water partition coefficient (Wildman–Crippen LogP) is 2.69. The molecule has 1 amide bonds. The zero-order chi connectivity index (χ0) is 16.3. The Morgan fingerprint density at radius 3 is 3.04 bits per heavy atom. The van der Waals surface area contributed by atoms with Gasteiger partial charge in [0.2, 0.25) is 5.91 Å². The van der Waals surface area contributed by atoms with Crippen LogP contribution in [0, 0.1) is 17.2 Å². The molecule has 4 nitrogen and oxygen atoms in total. The predicted molar refractivity (Wildman–Crippen MR) is 94.2 cm³/mol. The van der Waals surface area contributed by atoms with Crippen LogP contribution in [-0.4, -0.2) is 32.7 Å². The molecule has 0 unspecified atom stereocenters. The first-order valence-electron chi connectivity index (χ1n) is 8.47. The molecule has 3 rings (SSSR count). The number of carbonyl (C=O) groups is 1. The average molecular weight is 357 g/mol. The molecule has 1 saturated carbocycles. The number of fused-ring (bicyclic) bond motifs is 1. The standard InChI is InChI=1S/C18H25FN2O2.ClH/c1-23-16-6-5-13(10-15(16)19)7-9-21-17(22)18-8-3-2-4-14(18)11-20-12-18;/h5-6,10,14,20H,2-4,7-9,11-12H2,1H3,(H,21,22);1H/t14-,18+;/m0./s1. The third-order valence-corrected chi connectivity index (χ3v) is 5.41. The zero-order valence-corrected chi connectivity index (χ0v) is 14.9. The van der Waals surface area contributed by atoms with Gasteiger partial charge in [0, 0.05) is 13.1 Å². The molecule has 1 aliphatic heterocycles. The van der Waals surface area contributed by atoms with E-state index in [1.54, 1.807) is 6.07 Å². The van der Waals surface area contributed by atoms with E-state index in [4.69, 9.17) is 4.74 Å². The summed E-state index contributed by atoms with van der Waals surface area (Å²) in [5.41, 5.74) is 0.648. The summed E-state index contributed by atoms with van der Waals surface area (Å²) in [5.74, 6) is 0.525. The number of carbonyl (C=O) groups excluding carboxylic acids is 1. The van der Waals surface area contributed by atoms with Crippen molar-refractivity contribution in [1.29, 1.82) is 0 Å². The van der Waals surface area contributed by atoms with E-state index >= 15 is 0 Å². The fourth-order valence-corrected chi connectivity index (χ4v) is 4.05. The normalized spacial score (nSPS) is 25.5. The van der Waals surface area contributed by atoms with Crippen LogP contribution >= 0.6 is 12.4 Å². The molecule has 6 heteroatoms. The second kappa shape index (κ2) is 8.17. The van der Waals surface area contributed by atoms with Crippen molar-refractivity contribution in [3.8, 4) is 5.75 Å². The van der Waals surface area contributed by atoms with E-state index in [0.717, 1.165) is 37.9 Å². The Morgan fingerprint density at radius 1 is 1.46 bits per heavy atom. The Hall–Kier alpha value is -1.33. The van der Waals surface area contributed by atoms with Crippen LogP contribution in [0.4, 0.5) is 4.39 Å². The molecule has 134 valence electrons. The number of amides is 1. The van der Waals surface area contributed by atoms with Crippen molar-refractivity contribution in [3.05, 3.63) is 29.6 Å². The van der Waals surface area contributed by atoms with E-state index in [-0.39, 0.29) is 35.3 Å². The van der Waals surface area contributed by atoms with Crippen molar-refractivity contribution in [2.75, 3.05) is 26.7 Å². The van der Waals surface area contributed by atoms with Crippen molar-refractivity contribution in [3.63, 3.8) is 0 Å². The van der Waals surface area contributed by atoms with Gasteiger partial charge in [-0.15, -0.1) is 12.4 Å². The highest BCUT2D eigenvalue weighted by atomic mass is 35.5. The Labute approximate surface area is 148 Å². The highest BCUT2D eigenvalue weighted by molar-refractivity contribution is 5.85. The van der Waals surface area contributed by atoms with Gasteiger partial charge in [0.1, 0.15) is 0 Å². The molecule has 2 aliphatic rings. The largest absolute Gasteiger partial charge is 0.494 e. The quantitative estimate of drug-likeness (QED) is 0.852. The molecule has 2 N–H and O–H groups in total. The van der Waals surface area contributed by atoms with Gasteiger partial charge in [0.25, 0.3) is 0 Å². The number of ether oxygens (including phenoxy) is 1. The second-order valence-corrected chi connectivity index (χ2v) is 6.70. The minimum absolute atomic E-state index is 0. The van der Waals surface area contributed by atoms with Crippen LogP contribution in [0.2, 0.25) is 0 Å². The van der Waals surface area contributed by atoms with Gasteiger partial charge < -0.3 is 15.4 Å². The van der Waals surface area contributed by atoms with Crippen molar-refractivity contribution in [2.45, 2.75) is 32.1 Å². The van der Waals surface area contributed by atoms with Gasteiger partial charge in [0.15, 0.2) is 11.6 Å². The number of halogens is 2. The van der Waals surface area contributed by atoms with E-state index in [2.05, 4.69) is 10.6 Å². The number of benzene rings is 1. The first-order chi connectivity index (χ1) is 11.2. The Kier molecular flexibility index (Phi) is 6.47. The summed E-state index contributed by atoms with van der Waals surface area (Å²) in [4.78, 5) is 12.7. The van der Waals surface area contributed by atoms with Gasteiger partial charge in [-0.1, -0.05) is 18.9 Å². The van der Waals surface area contributed by atoms with Gasteiger partial charge in [-0.3, -0.25) is 4.79 Å². The lowest BCUT2D eigenvalue weighted by atomic mass is 9.67. The molecule has 1 aromatic carbocycles. The average Bonchev–Trinajstić information content (AvgIpc) is 3.00. The molecular weight excluding hydrogens is 331 g/mol. The zero-order valence-electron chi connectivity index (χ0n) is 14.1. The summed E-state index contributed by atoms with van der Waals surface area (Å²) in [5, 5.41) is 6.47. The van der Waals surface area contributed by atoms with Crippen LogP contribution in [0.25, 0.3) is 0 Å². The minimum atomic E-state index is -0.359. The fourth-order valence-electron chi connectivity index (χ4n) is 4.05. The van der Waals surface area contributed by atoms with Crippen molar-refractivity contribution in [2.24, 2.45) is 11.3 Å². The van der Waals surface area contributed by atoms with Gasteiger partial charge in [-0.2, -0.15) is 0 Å². The van der Waals surface area contributed by atoms with Crippen LogP contribution < -0.4 is 15.4 Å². The maximum atomic E-state index is 13.7.